The number of hydrogen-bond donors (Lipinski definition) is 2. The van der Waals surface area contributed by atoms with Crippen LogP contribution in [0.5, 0.6) is 0 Å². The Balaban J connectivity index is 2.22. The number of fused-ring (bicyclic) bond motifs is 1. The minimum Gasteiger partial charge on any atom is -0.475 e. The van der Waals surface area contributed by atoms with E-state index < -0.39 is 5.97 Å². The summed E-state index contributed by atoms with van der Waals surface area (Å²) in [6, 6.07) is 7.83. The highest BCUT2D eigenvalue weighted by molar-refractivity contribution is 5.94. The number of para-hydroxylation sites is 1. The first-order chi connectivity index (χ1) is 8.66. The summed E-state index contributed by atoms with van der Waals surface area (Å²) >= 11 is 0. The number of carbonyl (C=O) groups is 1. The SMILES string of the molecule is Cn1cc(-c2n[nH]c(C(=O)O)n2)c2ccccc21. The van der Waals surface area contributed by atoms with Crippen molar-refractivity contribution < 1.29 is 9.90 Å². The van der Waals surface area contributed by atoms with E-state index in [4.69, 9.17) is 5.11 Å². The molecular formula is C12H10N4O2. The highest BCUT2D eigenvalue weighted by Crippen LogP contribution is 2.27. The van der Waals surface area contributed by atoms with Gasteiger partial charge in [0.2, 0.25) is 5.82 Å². The average Bonchev–Trinajstić information content (AvgIpc) is 2.95. The van der Waals surface area contributed by atoms with Gasteiger partial charge in [-0.25, -0.2) is 9.78 Å². The van der Waals surface area contributed by atoms with Gasteiger partial charge in [0, 0.05) is 29.7 Å². The second-order valence-electron chi connectivity index (χ2n) is 3.98. The van der Waals surface area contributed by atoms with Crippen molar-refractivity contribution in [2.24, 2.45) is 7.05 Å². The van der Waals surface area contributed by atoms with E-state index in [0.29, 0.717) is 5.82 Å². The van der Waals surface area contributed by atoms with Crippen molar-refractivity contribution >= 4 is 16.9 Å². The van der Waals surface area contributed by atoms with Gasteiger partial charge >= 0.3 is 5.97 Å². The van der Waals surface area contributed by atoms with E-state index in [1.807, 2.05) is 42.1 Å². The van der Waals surface area contributed by atoms with Gasteiger partial charge in [-0.2, -0.15) is 5.10 Å². The Hall–Kier alpha value is -2.63. The summed E-state index contributed by atoms with van der Waals surface area (Å²) in [7, 11) is 1.93. The first-order valence-electron chi connectivity index (χ1n) is 5.37. The zero-order chi connectivity index (χ0) is 12.7. The summed E-state index contributed by atoms with van der Waals surface area (Å²) in [6.07, 6.45) is 1.89. The van der Waals surface area contributed by atoms with Crippen LogP contribution >= 0.6 is 0 Å². The van der Waals surface area contributed by atoms with Crippen molar-refractivity contribution in [2.45, 2.75) is 0 Å². The Morgan fingerprint density at radius 2 is 2.17 bits per heavy atom. The lowest BCUT2D eigenvalue weighted by molar-refractivity contribution is 0.0684. The Kier molecular flexibility index (Phi) is 2.16. The van der Waals surface area contributed by atoms with Crippen LogP contribution in [0.2, 0.25) is 0 Å². The average molecular weight is 242 g/mol. The second-order valence-corrected chi connectivity index (χ2v) is 3.98. The first kappa shape index (κ1) is 10.5. The summed E-state index contributed by atoms with van der Waals surface area (Å²) in [5.41, 5.74) is 1.87. The number of aromatic amines is 1. The molecule has 6 nitrogen and oxygen atoms in total. The number of nitrogens with zero attached hydrogens (tertiary/aromatic N) is 3. The Morgan fingerprint density at radius 3 is 2.89 bits per heavy atom. The standard InChI is InChI=1S/C12H10N4O2/c1-16-6-8(7-4-2-3-5-9(7)16)10-13-11(12(17)18)15-14-10/h2-6H,1H3,(H,17,18)(H,13,14,15). The molecule has 0 unspecified atom stereocenters. The van der Waals surface area contributed by atoms with E-state index in [1.54, 1.807) is 0 Å². The number of nitrogens with one attached hydrogen (secondary N) is 1. The van der Waals surface area contributed by atoms with E-state index in [1.165, 1.54) is 0 Å². The summed E-state index contributed by atoms with van der Waals surface area (Å²) < 4.78 is 1.96. The molecule has 3 rings (SSSR count). The Labute approximate surface area is 102 Å². The Morgan fingerprint density at radius 1 is 1.39 bits per heavy atom. The van der Waals surface area contributed by atoms with Gasteiger partial charge < -0.3 is 9.67 Å². The van der Waals surface area contributed by atoms with E-state index in [0.717, 1.165) is 16.5 Å². The van der Waals surface area contributed by atoms with Crippen molar-refractivity contribution in [3.63, 3.8) is 0 Å². The molecule has 0 aliphatic carbocycles. The van der Waals surface area contributed by atoms with Crippen LogP contribution in [0.3, 0.4) is 0 Å². The lowest BCUT2D eigenvalue weighted by Crippen LogP contribution is -1.98. The van der Waals surface area contributed by atoms with Crippen LogP contribution in [0.15, 0.2) is 30.5 Å². The van der Waals surface area contributed by atoms with Crippen molar-refractivity contribution in [1.82, 2.24) is 19.7 Å². The highest BCUT2D eigenvalue weighted by atomic mass is 16.4. The van der Waals surface area contributed by atoms with Crippen LogP contribution in [0.25, 0.3) is 22.3 Å². The molecule has 2 N–H and O–H groups in total. The van der Waals surface area contributed by atoms with Crippen molar-refractivity contribution in [2.75, 3.05) is 0 Å². The predicted octanol–water partition coefficient (Wildman–Crippen LogP) is 1.66. The molecule has 0 radical (unpaired) electrons. The van der Waals surface area contributed by atoms with Gasteiger partial charge in [0.25, 0.3) is 0 Å². The third kappa shape index (κ3) is 1.46. The maximum absolute atomic E-state index is 10.8. The largest absolute Gasteiger partial charge is 0.475 e. The minimum atomic E-state index is -1.12. The lowest BCUT2D eigenvalue weighted by Gasteiger charge is -1.93. The van der Waals surface area contributed by atoms with Crippen LogP contribution in [-0.2, 0) is 7.05 Å². The normalized spacial score (nSPS) is 10.9. The Bertz CT molecular complexity index is 741. The molecular weight excluding hydrogens is 232 g/mol. The fraction of sp³-hybridized carbons (Fsp3) is 0.0833. The van der Waals surface area contributed by atoms with Crippen LogP contribution in [0.1, 0.15) is 10.6 Å². The number of benzene rings is 1. The molecule has 0 saturated heterocycles. The van der Waals surface area contributed by atoms with Crippen LogP contribution in [0, 0.1) is 0 Å². The van der Waals surface area contributed by atoms with Gasteiger partial charge in [-0.05, 0) is 6.07 Å². The van der Waals surface area contributed by atoms with E-state index in [9.17, 15) is 4.79 Å². The summed E-state index contributed by atoms with van der Waals surface area (Å²) in [5.74, 6) is -0.879. The van der Waals surface area contributed by atoms with E-state index in [2.05, 4.69) is 15.2 Å². The molecule has 0 aliphatic rings. The number of carboxylic acid groups (broad SMARTS) is 1. The zero-order valence-corrected chi connectivity index (χ0v) is 9.58. The molecule has 0 bridgehead atoms. The molecule has 0 spiro atoms. The third-order valence-corrected chi connectivity index (χ3v) is 2.83. The monoisotopic (exact) mass is 242 g/mol. The first-order valence-corrected chi connectivity index (χ1v) is 5.37. The zero-order valence-electron chi connectivity index (χ0n) is 9.58. The summed E-state index contributed by atoms with van der Waals surface area (Å²) in [4.78, 5) is 14.7. The van der Waals surface area contributed by atoms with Crippen LogP contribution in [-0.4, -0.2) is 30.8 Å². The molecule has 2 heterocycles. The number of carboxylic acids is 1. The smallest absolute Gasteiger partial charge is 0.373 e. The number of hydrogen-bond acceptors (Lipinski definition) is 3. The number of aromatic nitrogens is 4. The van der Waals surface area contributed by atoms with Crippen molar-refractivity contribution in [3.05, 3.63) is 36.3 Å². The number of H-pyrrole nitrogens is 1. The minimum absolute atomic E-state index is 0.155. The molecule has 2 aromatic heterocycles. The van der Waals surface area contributed by atoms with Crippen molar-refractivity contribution in [1.29, 1.82) is 0 Å². The quantitative estimate of drug-likeness (QED) is 0.715. The molecule has 90 valence electrons. The van der Waals surface area contributed by atoms with Gasteiger partial charge in [-0.1, -0.05) is 18.2 Å². The van der Waals surface area contributed by atoms with Gasteiger partial charge in [0.1, 0.15) is 0 Å². The second kappa shape index (κ2) is 3.69. The topological polar surface area (TPSA) is 83.8 Å². The van der Waals surface area contributed by atoms with Gasteiger partial charge in [0.05, 0.1) is 0 Å². The molecule has 6 heteroatoms. The lowest BCUT2D eigenvalue weighted by atomic mass is 10.2. The van der Waals surface area contributed by atoms with Crippen LogP contribution in [0.4, 0.5) is 0 Å². The third-order valence-electron chi connectivity index (χ3n) is 2.83. The molecule has 0 aliphatic heterocycles. The molecule has 3 aromatic rings. The maximum Gasteiger partial charge on any atom is 0.373 e. The van der Waals surface area contributed by atoms with Crippen molar-refractivity contribution in [3.8, 4) is 11.4 Å². The van der Waals surface area contributed by atoms with Gasteiger partial charge in [-0.15, -0.1) is 0 Å². The number of rotatable bonds is 2. The summed E-state index contributed by atoms with van der Waals surface area (Å²) in [6.45, 7) is 0. The fourth-order valence-corrected chi connectivity index (χ4v) is 2.00. The molecule has 0 fully saturated rings. The van der Waals surface area contributed by atoms with Crippen LogP contribution < -0.4 is 0 Å². The molecule has 0 atom stereocenters. The van der Waals surface area contributed by atoms with Gasteiger partial charge in [0.15, 0.2) is 5.82 Å². The highest BCUT2D eigenvalue weighted by Gasteiger charge is 2.15. The molecule has 1 aromatic carbocycles. The molecule has 0 saturated carbocycles. The number of aryl methyl sites for hydroxylation is 1. The number of aromatic carboxylic acids is 1. The molecule has 18 heavy (non-hydrogen) atoms. The molecule has 0 amide bonds. The van der Waals surface area contributed by atoms with E-state index in [-0.39, 0.29) is 5.82 Å². The maximum atomic E-state index is 10.8. The van der Waals surface area contributed by atoms with E-state index >= 15 is 0 Å². The van der Waals surface area contributed by atoms with Gasteiger partial charge in [-0.3, -0.25) is 5.10 Å². The summed E-state index contributed by atoms with van der Waals surface area (Å²) in [5, 5.41) is 16.2. The fourth-order valence-electron chi connectivity index (χ4n) is 2.00. The predicted molar refractivity (Wildman–Crippen MR) is 65.3 cm³/mol.